The molecule has 106 valence electrons. The van der Waals surface area contributed by atoms with Gasteiger partial charge in [0.25, 0.3) is 0 Å². The highest BCUT2D eigenvalue weighted by Crippen LogP contribution is 2.35. The van der Waals surface area contributed by atoms with Crippen LogP contribution in [-0.4, -0.2) is 16.1 Å². The molecular weight excluding hydrogens is 258 g/mol. The molecule has 1 aromatic carbocycles. The molecule has 3 aromatic rings. The monoisotopic (exact) mass is 277 g/mol. The van der Waals surface area contributed by atoms with E-state index in [4.69, 9.17) is 0 Å². The van der Waals surface area contributed by atoms with Gasteiger partial charge in [-0.05, 0) is 36.6 Å². The number of fused-ring (bicyclic) bond motifs is 5. The second-order valence-electron chi connectivity index (χ2n) is 5.66. The van der Waals surface area contributed by atoms with Crippen molar-refractivity contribution in [2.45, 2.75) is 26.3 Å². The summed E-state index contributed by atoms with van der Waals surface area (Å²) < 4.78 is 2.41. The van der Waals surface area contributed by atoms with Crippen molar-refractivity contribution in [2.75, 3.05) is 6.54 Å². The highest BCUT2D eigenvalue weighted by Gasteiger charge is 2.20. The van der Waals surface area contributed by atoms with Crippen LogP contribution in [0, 0.1) is 0 Å². The van der Waals surface area contributed by atoms with Gasteiger partial charge in [0.05, 0.1) is 16.6 Å². The van der Waals surface area contributed by atoms with E-state index in [1.54, 1.807) is 0 Å². The molecule has 3 heterocycles. The number of nitrogens with zero attached hydrogens (tertiary/aromatic N) is 2. The van der Waals surface area contributed by atoms with Crippen molar-refractivity contribution in [3.05, 3.63) is 48.2 Å². The number of nitrogens with one attached hydrogen (secondary N) is 1. The predicted molar refractivity (Wildman–Crippen MR) is 88.3 cm³/mol. The lowest BCUT2D eigenvalue weighted by Crippen LogP contribution is -2.22. The fraction of sp³-hybridized carbons (Fsp3) is 0.278. The van der Waals surface area contributed by atoms with Gasteiger partial charge in [0.15, 0.2) is 0 Å². The van der Waals surface area contributed by atoms with Gasteiger partial charge in [-0.25, -0.2) is 0 Å². The van der Waals surface area contributed by atoms with Gasteiger partial charge in [0.1, 0.15) is 0 Å². The summed E-state index contributed by atoms with van der Waals surface area (Å²) in [7, 11) is 0. The summed E-state index contributed by atoms with van der Waals surface area (Å²) in [6.45, 7) is 8.36. The van der Waals surface area contributed by atoms with E-state index in [-0.39, 0.29) is 0 Å². The summed E-state index contributed by atoms with van der Waals surface area (Å²) in [5, 5.41) is 4.68. The van der Waals surface area contributed by atoms with Gasteiger partial charge < -0.3 is 9.88 Å². The summed E-state index contributed by atoms with van der Waals surface area (Å²) in [5.41, 5.74) is 7.36. The normalized spacial score (nSPS) is 14.4. The molecule has 1 aliphatic rings. The van der Waals surface area contributed by atoms with Gasteiger partial charge in [0.2, 0.25) is 0 Å². The first kappa shape index (κ1) is 12.5. The third kappa shape index (κ3) is 1.70. The highest BCUT2D eigenvalue weighted by molar-refractivity contribution is 6.09. The zero-order chi connectivity index (χ0) is 14.4. The first-order valence-electron chi connectivity index (χ1n) is 7.63. The average Bonchev–Trinajstić information content (AvgIpc) is 2.83. The van der Waals surface area contributed by atoms with Crippen LogP contribution in [-0.2, 0) is 13.0 Å². The number of hydrogen-bond donors (Lipinski definition) is 1. The van der Waals surface area contributed by atoms with Gasteiger partial charge in [-0.2, -0.15) is 0 Å². The Morgan fingerprint density at radius 3 is 3.05 bits per heavy atom. The first-order valence-corrected chi connectivity index (χ1v) is 7.63. The van der Waals surface area contributed by atoms with Gasteiger partial charge in [-0.15, -0.1) is 0 Å². The van der Waals surface area contributed by atoms with E-state index in [1.807, 2.05) is 12.3 Å². The number of rotatable bonds is 2. The van der Waals surface area contributed by atoms with E-state index in [1.165, 1.54) is 27.5 Å². The Kier molecular flexibility index (Phi) is 2.74. The second kappa shape index (κ2) is 4.62. The minimum absolute atomic E-state index is 0.957. The van der Waals surface area contributed by atoms with Crippen LogP contribution < -0.4 is 5.32 Å². The molecule has 3 heteroatoms. The number of pyridine rings is 1. The third-order valence-corrected chi connectivity index (χ3v) is 4.38. The molecule has 0 radical (unpaired) electrons. The Morgan fingerprint density at radius 2 is 2.19 bits per heavy atom. The molecule has 0 aliphatic carbocycles. The van der Waals surface area contributed by atoms with Crippen molar-refractivity contribution < 1.29 is 0 Å². The number of aromatic nitrogens is 2. The maximum absolute atomic E-state index is 4.67. The van der Waals surface area contributed by atoms with E-state index in [0.29, 0.717) is 0 Å². The minimum atomic E-state index is 0.957. The van der Waals surface area contributed by atoms with Crippen LogP contribution in [0.5, 0.6) is 0 Å². The van der Waals surface area contributed by atoms with Crippen molar-refractivity contribution in [1.29, 1.82) is 0 Å². The van der Waals surface area contributed by atoms with Crippen LogP contribution in [0.15, 0.2) is 37.0 Å². The molecule has 1 aliphatic heterocycles. The fourth-order valence-electron chi connectivity index (χ4n) is 3.50. The molecule has 0 atom stereocenters. The smallest absolute Gasteiger partial charge is 0.0962 e. The summed E-state index contributed by atoms with van der Waals surface area (Å²) in [5.74, 6) is 0. The molecule has 21 heavy (non-hydrogen) atoms. The van der Waals surface area contributed by atoms with E-state index >= 15 is 0 Å². The van der Waals surface area contributed by atoms with E-state index in [9.17, 15) is 0 Å². The molecule has 0 saturated heterocycles. The van der Waals surface area contributed by atoms with Gasteiger partial charge in [-0.1, -0.05) is 19.6 Å². The zero-order valence-electron chi connectivity index (χ0n) is 12.3. The van der Waals surface area contributed by atoms with Crippen molar-refractivity contribution in [3.8, 4) is 0 Å². The lowest BCUT2D eigenvalue weighted by molar-refractivity contribution is 0.723. The molecule has 0 amide bonds. The summed E-state index contributed by atoms with van der Waals surface area (Å²) in [6.07, 6.45) is 4.06. The third-order valence-electron chi connectivity index (χ3n) is 4.38. The maximum atomic E-state index is 4.67. The Balaban J connectivity index is 2.17. The van der Waals surface area contributed by atoms with Crippen LogP contribution in [0.2, 0.25) is 0 Å². The fourth-order valence-corrected chi connectivity index (χ4v) is 3.50. The van der Waals surface area contributed by atoms with E-state index in [2.05, 4.69) is 46.6 Å². The molecule has 0 fully saturated rings. The standard InChI is InChI=1S/C18H19N3/c1-3-11-21-15-7-6-13-12(2)19-10-8-14(13)17(15)18-16(21)5-4-9-20-18/h4-7,9,19H,2-3,8,10-11H2,1H3. The van der Waals surface area contributed by atoms with Crippen LogP contribution >= 0.6 is 0 Å². The molecule has 0 spiro atoms. The SMILES string of the molecule is C=C1NCCc2c1ccc1c2c2ncccc2n1CCC. The quantitative estimate of drug-likeness (QED) is 0.773. The maximum Gasteiger partial charge on any atom is 0.0962 e. The lowest BCUT2D eigenvalue weighted by Gasteiger charge is -2.21. The van der Waals surface area contributed by atoms with Gasteiger partial charge >= 0.3 is 0 Å². The second-order valence-corrected chi connectivity index (χ2v) is 5.66. The summed E-state index contributed by atoms with van der Waals surface area (Å²) >= 11 is 0. The van der Waals surface area contributed by atoms with Crippen molar-refractivity contribution in [2.24, 2.45) is 0 Å². The number of benzene rings is 1. The predicted octanol–water partition coefficient (Wildman–Crippen LogP) is 3.72. The number of aryl methyl sites for hydroxylation is 1. The molecule has 3 nitrogen and oxygen atoms in total. The van der Waals surface area contributed by atoms with Crippen LogP contribution in [0.3, 0.4) is 0 Å². The highest BCUT2D eigenvalue weighted by atomic mass is 15.0. The molecule has 0 saturated carbocycles. The largest absolute Gasteiger partial charge is 0.385 e. The Labute approximate surface area is 124 Å². The zero-order valence-corrected chi connectivity index (χ0v) is 12.3. The molecular formula is C18H19N3. The molecule has 1 N–H and O–H groups in total. The minimum Gasteiger partial charge on any atom is -0.385 e. The van der Waals surface area contributed by atoms with Crippen molar-refractivity contribution in [3.63, 3.8) is 0 Å². The van der Waals surface area contributed by atoms with E-state index < -0.39 is 0 Å². The molecule has 4 rings (SSSR count). The van der Waals surface area contributed by atoms with Crippen LogP contribution in [0.4, 0.5) is 0 Å². The first-order chi connectivity index (χ1) is 10.3. The van der Waals surface area contributed by atoms with Crippen LogP contribution in [0.25, 0.3) is 27.6 Å². The molecule has 0 unspecified atom stereocenters. The average molecular weight is 277 g/mol. The Morgan fingerprint density at radius 1 is 1.29 bits per heavy atom. The summed E-state index contributed by atoms with van der Waals surface area (Å²) in [6, 6.07) is 8.64. The molecule has 0 bridgehead atoms. The van der Waals surface area contributed by atoms with Gasteiger partial charge in [0, 0.05) is 35.9 Å². The molecule has 2 aromatic heterocycles. The number of hydrogen-bond acceptors (Lipinski definition) is 2. The van der Waals surface area contributed by atoms with Crippen molar-refractivity contribution >= 4 is 27.6 Å². The van der Waals surface area contributed by atoms with E-state index in [0.717, 1.165) is 37.1 Å². The van der Waals surface area contributed by atoms with Crippen LogP contribution in [0.1, 0.15) is 24.5 Å². The summed E-state index contributed by atoms with van der Waals surface area (Å²) in [4.78, 5) is 4.67. The lowest BCUT2D eigenvalue weighted by atomic mass is 9.95. The van der Waals surface area contributed by atoms with Gasteiger partial charge in [-0.3, -0.25) is 4.98 Å². The topological polar surface area (TPSA) is 29.9 Å². The Bertz CT molecular complexity index is 858. The van der Waals surface area contributed by atoms with Crippen molar-refractivity contribution in [1.82, 2.24) is 14.9 Å². The Hall–Kier alpha value is -2.29.